The molecule has 0 spiro atoms. The third-order valence-corrected chi connectivity index (χ3v) is 2.74. The van der Waals surface area contributed by atoms with E-state index in [0.717, 1.165) is 0 Å². The standard InChI is InChI=1S/C20H32N2O6/c1-18(2,3)27-15(23)13-21-20(7,8)12-10-11-14(16(24)26-9)22-17(25)28-19(4,5)6/h11,21H,13H2,1-9H3,(H,22,25)/b14-11-. The summed E-state index contributed by atoms with van der Waals surface area (Å²) < 4.78 is 15.0. The second kappa shape index (κ2) is 10.1. The molecule has 0 aromatic carbocycles. The molecule has 0 heterocycles. The van der Waals surface area contributed by atoms with E-state index in [4.69, 9.17) is 9.47 Å². The average Bonchev–Trinajstić information content (AvgIpc) is 2.47. The van der Waals surface area contributed by atoms with Crippen molar-refractivity contribution >= 4 is 18.0 Å². The monoisotopic (exact) mass is 396 g/mol. The van der Waals surface area contributed by atoms with Crippen molar-refractivity contribution in [2.45, 2.75) is 72.1 Å². The molecule has 0 aromatic rings. The Balaban J connectivity index is 5.08. The summed E-state index contributed by atoms with van der Waals surface area (Å²) >= 11 is 0. The van der Waals surface area contributed by atoms with Crippen molar-refractivity contribution in [1.82, 2.24) is 10.6 Å². The molecule has 0 aliphatic rings. The fourth-order valence-electron chi connectivity index (χ4n) is 1.67. The fraction of sp³-hybridized carbons (Fsp3) is 0.650. The molecular weight excluding hydrogens is 364 g/mol. The second-order valence-electron chi connectivity index (χ2n) is 8.51. The topological polar surface area (TPSA) is 103 Å². The summed E-state index contributed by atoms with van der Waals surface area (Å²) in [5.74, 6) is 4.38. The molecule has 8 nitrogen and oxygen atoms in total. The maximum absolute atomic E-state index is 11.8. The van der Waals surface area contributed by atoms with Gasteiger partial charge in [-0.05, 0) is 55.4 Å². The van der Waals surface area contributed by atoms with Crippen LogP contribution in [0.15, 0.2) is 11.8 Å². The first-order chi connectivity index (χ1) is 12.5. The number of alkyl carbamates (subject to hydrolysis) is 1. The Morgan fingerprint density at radius 2 is 1.46 bits per heavy atom. The smallest absolute Gasteiger partial charge is 0.412 e. The van der Waals surface area contributed by atoms with Crippen LogP contribution in [0.3, 0.4) is 0 Å². The van der Waals surface area contributed by atoms with Gasteiger partial charge < -0.3 is 14.2 Å². The summed E-state index contributed by atoms with van der Waals surface area (Å²) in [6, 6.07) is 0. The van der Waals surface area contributed by atoms with Gasteiger partial charge in [-0.2, -0.15) is 0 Å². The van der Waals surface area contributed by atoms with Gasteiger partial charge in [0.05, 0.1) is 19.2 Å². The third kappa shape index (κ3) is 12.8. The fourth-order valence-corrected chi connectivity index (χ4v) is 1.67. The van der Waals surface area contributed by atoms with Crippen LogP contribution in [0, 0.1) is 11.8 Å². The number of hydrogen-bond donors (Lipinski definition) is 2. The van der Waals surface area contributed by atoms with Crippen molar-refractivity contribution in [1.29, 1.82) is 0 Å². The van der Waals surface area contributed by atoms with Crippen LogP contribution in [-0.4, -0.2) is 48.4 Å². The zero-order valence-corrected chi connectivity index (χ0v) is 18.2. The van der Waals surface area contributed by atoms with Crippen molar-refractivity contribution in [2.24, 2.45) is 0 Å². The highest BCUT2D eigenvalue weighted by atomic mass is 16.6. The minimum absolute atomic E-state index is 0.0251. The molecule has 0 unspecified atom stereocenters. The van der Waals surface area contributed by atoms with Gasteiger partial charge in [0.2, 0.25) is 0 Å². The normalized spacial score (nSPS) is 12.4. The summed E-state index contributed by atoms with van der Waals surface area (Å²) in [6.07, 6.45) is 0.417. The molecule has 0 bridgehead atoms. The van der Waals surface area contributed by atoms with E-state index in [2.05, 4.69) is 27.2 Å². The largest absolute Gasteiger partial charge is 0.464 e. The summed E-state index contributed by atoms with van der Waals surface area (Å²) in [6.45, 7) is 14.0. The highest BCUT2D eigenvalue weighted by Crippen LogP contribution is 2.08. The van der Waals surface area contributed by atoms with Crippen LogP contribution in [0.5, 0.6) is 0 Å². The third-order valence-electron chi connectivity index (χ3n) is 2.74. The summed E-state index contributed by atoms with van der Waals surface area (Å²) in [5, 5.41) is 5.28. The van der Waals surface area contributed by atoms with Crippen LogP contribution < -0.4 is 10.6 Å². The van der Waals surface area contributed by atoms with E-state index in [1.807, 2.05) is 0 Å². The van der Waals surface area contributed by atoms with Gasteiger partial charge in [0.15, 0.2) is 0 Å². The number of nitrogens with one attached hydrogen (secondary N) is 2. The van der Waals surface area contributed by atoms with Gasteiger partial charge >= 0.3 is 18.0 Å². The van der Waals surface area contributed by atoms with E-state index in [1.54, 1.807) is 55.4 Å². The van der Waals surface area contributed by atoms with Crippen molar-refractivity contribution in [3.05, 3.63) is 11.8 Å². The first-order valence-corrected chi connectivity index (χ1v) is 8.83. The number of hydrogen-bond acceptors (Lipinski definition) is 7. The Bertz CT molecular complexity index is 670. The lowest BCUT2D eigenvalue weighted by Crippen LogP contribution is -2.42. The van der Waals surface area contributed by atoms with E-state index in [1.165, 1.54) is 13.2 Å². The zero-order chi connectivity index (χ0) is 22.2. The maximum atomic E-state index is 11.8. The van der Waals surface area contributed by atoms with E-state index < -0.39 is 34.8 Å². The van der Waals surface area contributed by atoms with E-state index in [9.17, 15) is 14.4 Å². The predicted octanol–water partition coefficient (Wildman–Crippen LogP) is 2.28. The van der Waals surface area contributed by atoms with Crippen LogP contribution in [0.2, 0.25) is 0 Å². The van der Waals surface area contributed by atoms with Crippen molar-refractivity contribution in [3.63, 3.8) is 0 Å². The molecule has 0 atom stereocenters. The minimum Gasteiger partial charge on any atom is -0.464 e. The van der Waals surface area contributed by atoms with E-state index in [-0.39, 0.29) is 12.2 Å². The molecule has 0 fully saturated rings. The molecule has 0 aliphatic carbocycles. The molecule has 0 rings (SSSR count). The van der Waals surface area contributed by atoms with Crippen LogP contribution >= 0.6 is 0 Å². The quantitative estimate of drug-likeness (QED) is 0.318. The van der Waals surface area contributed by atoms with Crippen LogP contribution in [0.25, 0.3) is 0 Å². The molecule has 2 N–H and O–H groups in total. The first kappa shape index (κ1) is 25.5. The van der Waals surface area contributed by atoms with Crippen LogP contribution in [0.4, 0.5) is 4.79 Å². The molecule has 0 saturated carbocycles. The van der Waals surface area contributed by atoms with Gasteiger partial charge in [-0.3, -0.25) is 15.4 Å². The van der Waals surface area contributed by atoms with Crippen LogP contribution in [-0.2, 0) is 23.8 Å². The number of methoxy groups -OCH3 is 1. The number of rotatable bonds is 5. The number of carbonyl (C=O) groups is 3. The number of ether oxygens (including phenoxy) is 3. The maximum Gasteiger partial charge on any atom is 0.412 e. The van der Waals surface area contributed by atoms with Crippen LogP contribution in [0.1, 0.15) is 55.4 Å². The number of esters is 2. The highest BCUT2D eigenvalue weighted by Gasteiger charge is 2.21. The minimum atomic E-state index is -0.798. The lowest BCUT2D eigenvalue weighted by Gasteiger charge is -2.23. The lowest BCUT2D eigenvalue weighted by atomic mass is 10.1. The van der Waals surface area contributed by atoms with Crippen molar-refractivity contribution < 1.29 is 28.6 Å². The molecule has 0 aromatic heterocycles. The van der Waals surface area contributed by atoms with Gasteiger partial charge in [0.1, 0.15) is 16.9 Å². The van der Waals surface area contributed by atoms with Gasteiger partial charge in [-0.1, -0.05) is 11.8 Å². The molecule has 158 valence electrons. The number of carbonyl (C=O) groups excluding carboxylic acids is 3. The summed E-state index contributed by atoms with van der Waals surface area (Å²) in [4.78, 5) is 35.4. The average molecular weight is 396 g/mol. The Hall–Kier alpha value is -2.53. The Morgan fingerprint density at radius 1 is 0.929 bits per heavy atom. The summed E-state index contributed by atoms with van der Waals surface area (Å²) in [7, 11) is 1.19. The molecule has 0 saturated heterocycles. The van der Waals surface area contributed by atoms with Gasteiger partial charge in [0.25, 0.3) is 0 Å². The van der Waals surface area contributed by atoms with E-state index in [0.29, 0.717) is 0 Å². The van der Waals surface area contributed by atoms with Gasteiger partial charge in [-0.15, -0.1) is 0 Å². The Kier molecular flexibility index (Phi) is 9.22. The first-order valence-electron chi connectivity index (χ1n) is 8.83. The molecule has 8 heteroatoms. The van der Waals surface area contributed by atoms with Gasteiger partial charge in [-0.25, -0.2) is 9.59 Å². The molecule has 28 heavy (non-hydrogen) atoms. The highest BCUT2D eigenvalue weighted by molar-refractivity contribution is 5.92. The SMILES string of the molecule is COC(=O)/C(=C/C#CC(C)(C)NCC(=O)OC(C)(C)C)NC(=O)OC(C)(C)C. The molecular formula is C20H32N2O6. The van der Waals surface area contributed by atoms with Gasteiger partial charge in [0, 0.05) is 6.08 Å². The summed E-state index contributed by atoms with van der Waals surface area (Å²) in [5.41, 5.74) is -2.20. The molecule has 0 radical (unpaired) electrons. The molecule has 0 aliphatic heterocycles. The molecule has 1 amide bonds. The van der Waals surface area contributed by atoms with Crippen molar-refractivity contribution in [3.8, 4) is 11.8 Å². The van der Waals surface area contributed by atoms with Crippen molar-refractivity contribution in [2.75, 3.05) is 13.7 Å². The number of allylic oxidation sites excluding steroid dienone is 1. The number of amides is 1. The van der Waals surface area contributed by atoms with E-state index >= 15 is 0 Å². The Labute approximate surface area is 167 Å². The Morgan fingerprint density at radius 3 is 1.93 bits per heavy atom. The second-order valence-corrected chi connectivity index (χ2v) is 8.51. The lowest BCUT2D eigenvalue weighted by molar-refractivity contribution is -0.153. The zero-order valence-electron chi connectivity index (χ0n) is 18.2. The predicted molar refractivity (Wildman–Crippen MR) is 105 cm³/mol.